The Morgan fingerprint density at radius 1 is 1.00 bits per heavy atom. The van der Waals surface area contributed by atoms with Gasteiger partial charge in [0.15, 0.2) is 11.5 Å². The van der Waals surface area contributed by atoms with Crippen LogP contribution < -0.4 is 13.8 Å². The molecular weight excluding hydrogens is 352 g/mol. The Morgan fingerprint density at radius 3 is 2.65 bits per heavy atom. The Balaban J connectivity index is 1.77. The third kappa shape index (κ3) is 2.84. The van der Waals surface area contributed by atoms with Gasteiger partial charge in [0.25, 0.3) is 10.0 Å². The summed E-state index contributed by atoms with van der Waals surface area (Å²) in [4.78, 5) is 4.45. The number of rotatable bonds is 3. The molecule has 0 unspecified atom stereocenters. The van der Waals surface area contributed by atoms with E-state index in [2.05, 4.69) is 4.98 Å². The smallest absolute Gasteiger partial charge is 0.264 e. The van der Waals surface area contributed by atoms with Crippen LogP contribution in [0.5, 0.6) is 11.5 Å². The van der Waals surface area contributed by atoms with Crippen molar-refractivity contribution < 1.29 is 17.9 Å². The van der Waals surface area contributed by atoms with Crippen LogP contribution in [-0.2, 0) is 10.0 Å². The molecule has 6 nitrogen and oxygen atoms in total. The number of benzene rings is 2. The number of hydrogen-bond acceptors (Lipinski definition) is 5. The fourth-order valence-corrected chi connectivity index (χ4v) is 4.18. The highest BCUT2D eigenvalue weighted by atomic mass is 32.2. The van der Waals surface area contributed by atoms with Crippen LogP contribution in [-0.4, -0.2) is 33.7 Å². The summed E-state index contributed by atoms with van der Waals surface area (Å²) in [5, 5.41) is 0.774. The zero-order valence-corrected chi connectivity index (χ0v) is 15.1. The lowest BCUT2D eigenvalue weighted by Gasteiger charge is -2.21. The van der Waals surface area contributed by atoms with Crippen molar-refractivity contribution in [3.05, 3.63) is 54.7 Å². The zero-order valence-electron chi connectivity index (χ0n) is 14.3. The summed E-state index contributed by atoms with van der Waals surface area (Å²) in [6.07, 6.45) is 2.45. The van der Waals surface area contributed by atoms with E-state index in [1.165, 1.54) is 10.4 Å². The first-order valence-electron chi connectivity index (χ1n) is 8.30. The quantitative estimate of drug-likeness (QED) is 0.708. The maximum Gasteiger partial charge on any atom is 0.264 e. The van der Waals surface area contributed by atoms with E-state index in [1.807, 2.05) is 12.1 Å². The molecule has 0 amide bonds. The predicted octanol–water partition coefficient (Wildman–Crippen LogP) is 3.22. The first kappa shape index (κ1) is 16.7. The highest BCUT2D eigenvalue weighted by Crippen LogP contribution is 2.34. The number of aromatic nitrogens is 1. The highest BCUT2D eigenvalue weighted by molar-refractivity contribution is 7.92. The Bertz CT molecular complexity index is 1060. The third-order valence-electron chi connectivity index (χ3n) is 4.34. The van der Waals surface area contributed by atoms with Gasteiger partial charge >= 0.3 is 0 Å². The van der Waals surface area contributed by atoms with Gasteiger partial charge in [-0.3, -0.25) is 9.29 Å². The Morgan fingerprint density at radius 2 is 1.81 bits per heavy atom. The first-order valence-corrected chi connectivity index (χ1v) is 9.74. The molecule has 1 aromatic heterocycles. The van der Waals surface area contributed by atoms with Gasteiger partial charge in [-0.2, -0.15) is 0 Å². The number of pyridine rings is 1. The largest absolute Gasteiger partial charge is 0.490 e. The molecule has 0 fully saturated rings. The van der Waals surface area contributed by atoms with Gasteiger partial charge in [-0.15, -0.1) is 0 Å². The summed E-state index contributed by atoms with van der Waals surface area (Å²) >= 11 is 0. The van der Waals surface area contributed by atoms with Gasteiger partial charge in [0.2, 0.25) is 0 Å². The lowest BCUT2D eigenvalue weighted by Crippen LogP contribution is -2.26. The summed E-state index contributed by atoms with van der Waals surface area (Å²) in [6.45, 7) is 1.06. The SMILES string of the molecule is CN(c1cccc2ncccc12)S(=O)(=O)c1ccc2c(c1)OCCCO2. The summed E-state index contributed by atoms with van der Waals surface area (Å²) in [7, 11) is -2.22. The molecule has 2 heterocycles. The van der Waals surface area contributed by atoms with Gasteiger partial charge in [0.05, 0.1) is 29.3 Å². The van der Waals surface area contributed by atoms with Crippen molar-refractivity contribution in [3.8, 4) is 11.5 Å². The molecule has 134 valence electrons. The molecule has 4 rings (SSSR count). The third-order valence-corrected chi connectivity index (χ3v) is 6.11. The summed E-state index contributed by atoms with van der Waals surface area (Å²) < 4.78 is 38.8. The minimum atomic E-state index is -3.76. The fraction of sp³-hybridized carbons (Fsp3) is 0.211. The molecule has 1 aliphatic rings. The van der Waals surface area contributed by atoms with Crippen LogP contribution in [0.2, 0.25) is 0 Å². The number of ether oxygens (including phenoxy) is 2. The fourth-order valence-electron chi connectivity index (χ4n) is 2.95. The van der Waals surface area contributed by atoms with Crippen LogP contribution in [0.3, 0.4) is 0 Å². The minimum Gasteiger partial charge on any atom is -0.490 e. The summed E-state index contributed by atoms with van der Waals surface area (Å²) in [5.74, 6) is 1.02. The van der Waals surface area contributed by atoms with Gasteiger partial charge < -0.3 is 9.47 Å². The number of anilines is 1. The molecule has 3 aromatic rings. The van der Waals surface area contributed by atoms with E-state index < -0.39 is 10.0 Å². The average molecular weight is 370 g/mol. The molecule has 0 atom stereocenters. The van der Waals surface area contributed by atoms with E-state index in [1.54, 1.807) is 43.6 Å². The molecule has 1 aliphatic heterocycles. The Labute approximate surface area is 152 Å². The Hall–Kier alpha value is -2.80. The second-order valence-corrected chi connectivity index (χ2v) is 7.95. The number of nitrogens with zero attached hydrogens (tertiary/aromatic N) is 2. The van der Waals surface area contributed by atoms with E-state index >= 15 is 0 Å². The van der Waals surface area contributed by atoms with Crippen molar-refractivity contribution in [1.29, 1.82) is 0 Å². The number of hydrogen-bond donors (Lipinski definition) is 0. The summed E-state index contributed by atoms with van der Waals surface area (Å²) in [6, 6.07) is 13.8. The lowest BCUT2D eigenvalue weighted by atomic mass is 10.2. The standard InChI is InChI=1S/C19H18N2O4S/c1-21(17-7-2-6-16-15(17)5-3-10-20-16)26(22,23)14-8-9-18-19(13-14)25-12-4-11-24-18/h2-3,5-10,13H,4,11-12H2,1H3. The highest BCUT2D eigenvalue weighted by Gasteiger charge is 2.25. The van der Waals surface area contributed by atoms with Crippen molar-refractivity contribution >= 4 is 26.6 Å². The monoisotopic (exact) mass is 370 g/mol. The zero-order chi connectivity index (χ0) is 18.1. The van der Waals surface area contributed by atoms with Crippen LogP contribution in [0.1, 0.15) is 6.42 Å². The molecule has 26 heavy (non-hydrogen) atoms. The van der Waals surface area contributed by atoms with Crippen LogP contribution in [0.15, 0.2) is 59.6 Å². The van der Waals surface area contributed by atoms with Gasteiger partial charge in [-0.05, 0) is 36.4 Å². The van der Waals surface area contributed by atoms with Gasteiger partial charge in [0.1, 0.15) is 0 Å². The molecule has 0 spiro atoms. The molecule has 0 radical (unpaired) electrons. The molecule has 7 heteroatoms. The molecule has 2 aromatic carbocycles. The van der Waals surface area contributed by atoms with Crippen LogP contribution >= 0.6 is 0 Å². The van der Waals surface area contributed by atoms with Crippen molar-refractivity contribution in [2.45, 2.75) is 11.3 Å². The molecule has 0 saturated heterocycles. The second kappa shape index (κ2) is 6.49. The summed E-state index contributed by atoms with van der Waals surface area (Å²) in [5.41, 5.74) is 1.31. The molecular formula is C19H18N2O4S. The minimum absolute atomic E-state index is 0.158. The van der Waals surface area contributed by atoms with Crippen molar-refractivity contribution in [2.24, 2.45) is 0 Å². The van der Waals surface area contributed by atoms with E-state index in [4.69, 9.17) is 9.47 Å². The van der Waals surface area contributed by atoms with Crippen molar-refractivity contribution in [3.63, 3.8) is 0 Å². The van der Waals surface area contributed by atoms with Crippen LogP contribution in [0.25, 0.3) is 10.9 Å². The predicted molar refractivity (Wildman–Crippen MR) is 99.4 cm³/mol. The van der Waals surface area contributed by atoms with Crippen LogP contribution in [0.4, 0.5) is 5.69 Å². The van der Waals surface area contributed by atoms with Crippen molar-refractivity contribution in [2.75, 3.05) is 24.6 Å². The molecule has 0 aliphatic carbocycles. The molecule has 0 saturated carbocycles. The van der Waals surface area contributed by atoms with E-state index in [9.17, 15) is 8.42 Å². The maximum absolute atomic E-state index is 13.2. The van der Waals surface area contributed by atoms with Gasteiger partial charge in [-0.25, -0.2) is 8.42 Å². The molecule has 0 bridgehead atoms. The number of sulfonamides is 1. The lowest BCUT2D eigenvalue weighted by molar-refractivity contribution is 0.297. The normalized spacial score (nSPS) is 14.0. The number of fused-ring (bicyclic) bond motifs is 2. The average Bonchev–Trinajstić information content (AvgIpc) is 2.91. The van der Waals surface area contributed by atoms with E-state index in [-0.39, 0.29) is 4.90 Å². The molecule has 0 N–H and O–H groups in total. The van der Waals surface area contributed by atoms with Gasteiger partial charge in [-0.1, -0.05) is 6.07 Å². The van der Waals surface area contributed by atoms with Crippen molar-refractivity contribution in [1.82, 2.24) is 4.98 Å². The van der Waals surface area contributed by atoms with Gasteiger partial charge in [0, 0.05) is 31.1 Å². The topological polar surface area (TPSA) is 68.7 Å². The van der Waals surface area contributed by atoms with E-state index in [0.29, 0.717) is 30.4 Å². The maximum atomic E-state index is 13.2. The van der Waals surface area contributed by atoms with Crippen LogP contribution in [0, 0.1) is 0 Å². The second-order valence-electron chi connectivity index (χ2n) is 5.98. The first-order chi connectivity index (χ1) is 12.6. The van der Waals surface area contributed by atoms with E-state index in [0.717, 1.165) is 17.3 Å². The Kier molecular flexibility index (Phi) is 4.16.